The van der Waals surface area contributed by atoms with Crippen LogP contribution in [-0.2, 0) is 11.2 Å². The van der Waals surface area contributed by atoms with Gasteiger partial charge in [-0.2, -0.15) is 0 Å². The molecule has 0 spiro atoms. The smallest absolute Gasteiger partial charge is 0.226 e. The second-order valence-electron chi connectivity index (χ2n) is 4.32. The molecule has 0 atom stereocenters. The first kappa shape index (κ1) is 12.9. The van der Waals surface area contributed by atoms with E-state index < -0.39 is 0 Å². The summed E-state index contributed by atoms with van der Waals surface area (Å²) >= 11 is 5.64. The molecular formula is C15H16ClNO. The lowest BCUT2D eigenvalue weighted by Gasteiger charge is -2.16. The van der Waals surface area contributed by atoms with Crippen LogP contribution in [0.3, 0.4) is 0 Å². The molecule has 94 valence electrons. The van der Waals surface area contributed by atoms with Crippen LogP contribution in [0.5, 0.6) is 0 Å². The fraction of sp³-hybridized carbons (Fsp3) is 0.267. The molecule has 0 radical (unpaired) electrons. The fourth-order valence-electron chi connectivity index (χ4n) is 2.00. The monoisotopic (exact) mass is 261 g/mol. The first-order valence-electron chi connectivity index (χ1n) is 5.99. The Morgan fingerprint density at radius 1 is 1.17 bits per heavy atom. The molecule has 0 aliphatic carbocycles. The minimum absolute atomic E-state index is 0.104. The van der Waals surface area contributed by atoms with Gasteiger partial charge in [0, 0.05) is 19.5 Å². The van der Waals surface area contributed by atoms with Crippen molar-refractivity contribution in [1.29, 1.82) is 0 Å². The summed E-state index contributed by atoms with van der Waals surface area (Å²) in [5, 5.41) is 2.32. The van der Waals surface area contributed by atoms with Crippen molar-refractivity contribution in [3.8, 4) is 0 Å². The lowest BCUT2D eigenvalue weighted by atomic mass is 10.0. The molecule has 3 heteroatoms. The van der Waals surface area contributed by atoms with Gasteiger partial charge in [-0.3, -0.25) is 4.79 Å². The first-order valence-corrected chi connectivity index (χ1v) is 6.52. The molecule has 0 saturated heterocycles. The third kappa shape index (κ3) is 2.82. The SMILES string of the molecule is CN(CCCl)C(=O)Cc1cccc2ccccc12. The van der Waals surface area contributed by atoms with E-state index in [0.717, 1.165) is 10.9 Å². The van der Waals surface area contributed by atoms with Crippen molar-refractivity contribution >= 4 is 28.3 Å². The number of alkyl halides is 1. The van der Waals surface area contributed by atoms with Crippen LogP contribution in [0.4, 0.5) is 0 Å². The maximum Gasteiger partial charge on any atom is 0.226 e. The lowest BCUT2D eigenvalue weighted by Crippen LogP contribution is -2.29. The van der Waals surface area contributed by atoms with Crippen LogP contribution in [0.25, 0.3) is 10.8 Å². The second kappa shape index (κ2) is 5.87. The van der Waals surface area contributed by atoms with Crippen molar-refractivity contribution in [3.05, 3.63) is 48.0 Å². The lowest BCUT2D eigenvalue weighted by molar-refractivity contribution is -0.128. The highest BCUT2D eigenvalue weighted by atomic mass is 35.5. The van der Waals surface area contributed by atoms with Gasteiger partial charge < -0.3 is 4.90 Å². The van der Waals surface area contributed by atoms with Gasteiger partial charge in [-0.05, 0) is 16.3 Å². The van der Waals surface area contributed by atoms with Gasteiger partial charge in [-0.25, -0.2) is 0 Å². The summed E-state index contributed by atoms with van der Waals surface area (Å²) in [6.45, 7) is 0.588. The van der Waals surface area contributed by atoms with E-state index >= 15 is 0 Å². The van der Waals surface area contributed by atoms with Crippen LogP contribution < -0.4 is 0 Å². The molecule has 2 rings (SSSR count). The van der Waals surface area contributed by atoms with Crippen molar-refractivity contribution < 1.29 is 4.79 Å². The standard InChI is InChI=1S/C15H16ClNO/c1-17(10-9-16)15(18)11-13-7-4-6-12-5-2-3-8-14(12)13/h2-8H,9-11H2,1H3. The van der Waals surface area contributed by atoms with Crippen molar-refractivity contribution in [2.24, 2.45) is 0 Å². The van der Waals surface area contributed by atoms with E-state index in [-0.39, 0.29) is 5.91 Å². The first-order chi connectivity index (χ1) is 8.72. The zero-order valence-corrected chi connectivity index (χ0v) is 11.2. The number of amides is 1. The highest BCUT2D eigenvalue weighted by Crippen LogP contribution is 2.19. The Balaban J connectivity index is 2.24. The molecule has 0 heterocycles. The number of likely N-dealkylation sites (N-methyl/N-ethyl adjacent to an activating group) is 1. The van der Waals surface area contributed by atoms with E-state index in [2.05, 4.69) is 18.2 Å². The summed E-state index contributed by atoms with van der Waals surface area (Å²) in [7, 11) is 1.79. The number of hydrogen-bond acceptors (Lipinski definition) is 1. The molecule has 2 aromatic carbocycles. The van der Waals surface area contributed by atoms with Gasteiger partial charge in [0.05, 0.1) is 6.42 Å². The van der Waals surface area contributed by atoms with Crippen molar-refractivity contribution in [3.63, 3.8) is 0 Å². The average molecular weight is 262 g/mol. The molecular weight excluding hydrogens is 246 g/mol. The summed E-state index contributed by atoms with van der Waals surface area (Å²) in [6.07, 6.45) is 0.425. The number of halogens is 1. The number of nitrogens with zero attached hydrogens (tertiary/aromatic N) is 1. The van der Waals surface area contributed by atoms with Crippen molar-refractivity contribution in [2.75, 3.05) is 19.5 Å². The Kier molecular flexibility index (Phi) is 4.21. The predicted octanol–water partition coefficient (Wildman–Crippen LogP) is 3.08. The molecule has 1 amide bonds. The molecule has 0 N–H and O–H groups in total. The van der Waals surface area contributed by atoms with E-state index in [1.165, 1.54) is 5.39 Å². The van der Waals surface area contributed by atoms with Gasteiger partial charge >= 0.3 is 0 Å². The predicted molar refractivity (Wildman–Crippen MR) is 76.0 cm³/mol. The molecule has 2 nitrogen and oxygen atoms in total. The van der Waals surface area contributed by atoms with Crippen molar-refractivity contribution in [1.82, 2.24) is 4.90 Å². The van der Waals surface area contributed by atoms with E-state index in [9.17, 15) is 4.79 Å². The minimum atomic E-state index is 0.104. The van der Waals surface area contributed by atoms with Crippen LogP contribution in [0.1, 0.15) is 5.56 Å². The Bertz CT molecular complexity index is 548. The molecule has 0 unspecified atom stereocenters. The van der Waals surface area contributed by atoms with Gasteiger partial charge in [-0.1, -0.05) is 42.5 Å². The van der Waals surface area contributed by atoms with E-state index in [1.807, 2.05) is 24.3 Å². The fourth-order valence-corrected chi connectivity index (χ4v) is 2.25. The molecule has 2 aromatic rings. The summed E-state index contributed by atoms with van der Waals surface area (Å²) in [6, 6.07) is 14.2. The number of carbonyl (C=O) groups excluding carboxylic acids is 1. The number of hydrogen-bond donors (Lipinski definition) is 0. The number of benzene rings is 2. The molecule has 0 aliphatic heterocycles. The highest BCUT2D eigenvalue weighted by molar-refractivity contribution is 6.18. The zero-order valence-electron chi connectivity index (χ0n) is 10.4. The summed E-state index contributed by atoms with van der Waals surface area (Å²) < 4.78 is 0. The van der Waals surface area contributed by atoms with Gasteiger partial charge in [0.25, 0.3) is 0 Å². The van der Waals surface area contributed by atoms with Crippen LogP contribution in [0.15, 0.2) is 42.5 Å². The normalized spacial score (nSPS) is 10.6. The number of carbonyl (C=O) groups is 1. The molecule has 0 aliphatic rings. The van der Waals surface area contributed by atoms with Crippen LogP contribution in [-0.4, -0.2) is 30.3 Å². The molecule has 18 heavy (non-hydrogen) atoms. The van der Waals surface area contributed by atoms with Gasteiger partial charge in [0.15, 0.2) is 0 Å². The minimum Gasteiger partial charge on any atom is -0.344 e. The van der Waals surface area contributed by atoms with E-state index in [4.69, 9.17) is 11.6 Å². The van der Waals surface area contributed by atoms with Gasteiger partial charge in [-0.15, -0.1) is 11.6 Å². The van der Waals surface area contributed by atoms with Crippen LogP contribution >= 0.6 is 11.6 Å². The highest BCUT2D eigenvalue weighted by Gasteiger charge is 2.10. The zero-order chi connectivity index (χ0) is 13.0. The average Bonchev–Trinajstić information content (AvgIpc) is 2.39. The Labute approximate surface area is 112 Å². The summed E-state index contributed by atoms with van der Waals surface area (Å²) in [4.78, 5) is 13.7. The van der Waals surface area contributed by atoms with E-state index in [0.29, 0.717) is 18.8 Å². The largest absolute Gasteiger partial charge is 0.344 e. The van der Waals surface area contributed by atoms with Gasteiger partial charge in [0.2, 0.25) is 5.91 Å². The third-order valence-electron chi connectivity index (χ3n) is 3.07. The van der Waals surface area contributed by atoms with Crippen LogP contribution in [0.2, 0.25) is 0 Å². The van der Waals surface area contributed by atoms with Crippen LogP contribution in [0, 0.1) is 0 Å². The molecule has 0 bridgehead atoms. The third-order valence-corrected chi connectivity index (χ3v) is 3.24. The Morgan fingerprint density at radius 2 is 1.89 bits per heavy atom. The summed E-state index contributed by atoms with van der Waals surface area (Å²) in [5.74, 6) is 0.574. The maximum absolute atomic E-state index is 12.0. The quantitative estimate of drug-likeness (QED) is 0.775. The Morgan fingerprint density at radius 3 is 2.67 bits per heavy atom. The number of fused-ring (bicyclic) bond motifs is 1. The molecule has 0 saturated carbocycles. The number of rotatable bonds is 4. The second-order valence-corrected chi connectivity index (χ2v) is 4.70. The topological polar surface area (TPSA) is 20.3 Å². The van der Waals surface area contributed by atoms with Gasteiger partial charge in [0.1, 0.15) is 0 Å². The van der Waals surface area contributed by atoms with Crippen molar-refractivity contribution in [2.45, 2.75) is 6.42 Å². The Hall–Kier alpha value is -1.54. The summed E-state index contributed by atoms with van der Waals surface area (Å²) in [5.41, 5.74) is 1.07. The molecule has 0 fully saturated rings. The van der Waals surface area contributed by atoms with E-state index in [1.54, 1.807) is 11.9 Å². The maximum atomic E-state index is 12.0. The molecule has 0 aromatic heterocycles.